The van der Waals surface area contributed by atoms with Gasteiger partial charge in [0.25, 0.3) is 0 Å². The molecule has 1 saturated carbocycles. The van der Waals surface area contributed by atoms with Crippen LogP contribution >= 0.6 is 0 Å². The van der Waals surface area contributed by atoms with E-state index in [-0.39, 0.29) is 17.2 Å². The number of carbonyl (C=O) groups excluding carboxylic acids is 1. The van der Waals surface area contributed by atoms with Gasteiger partial charge in [0.15, 0.2) is 0 Å². The Bertz CT molecular complexity index is 508. The van der Waals surface area contributed by atoms with Gasteiger partial charge in [-0.3, -0.25) is 4.79 Å². The van der Waals surface area contributed by atoms with Crippen molar-refractivity contribution in [3.63, 3.8) is 0 Å². The number of nitrogens with two attached hydrogens (primary N) is 1. The van der Waals surface area contributed by atoms with Gasteiger partial charge in [-0.05, 0) is 38.3 Å². The largest absolute Gasteiger partial charge is 0.508 e. The van der Waals surface area contributed by atoms with Crippen LogP contribution < -0.4 is 10.6 Å². The Morgan fingerprint density at radius 1 is 1.33 bits per heavy atom. The number of benzene rings is 1. The smallest absolute Gasteiger partial charge is 0.228 e. The molecular formula is C17H26N2O2. The minimum Gasteiger partial charge on any atom is -0.508 e. The topological polar surface area (TPSA) is 66.6 Å². The van der Waals surface area contributed by atoms with Crippen LogP contribution in [0.5, 0.6) is 5.75 Å². The van der Waals surface area contributed by atoms with Gasteiger partial charge >= 0.3 is 0 Å². The quantitative estimate of drug-likeness (QED) is 0.895. The van der Waals surface area contributed by atoms with Crippen LogP contribution in [-0.2, 0) is 4.79 Å². The van der Waals surface area contributed by atoms with E-state index in [0.29, 0.717) is 13.0 Å². The predicted octanol–water partition coefficient (Wildman–Crippen LogP) is 3.11. The lowest BCUT2D eigenvalue weighted by Crippen LogP contribution is -2.47. The lowest BCUT2D eigenvalue weighted by Gasteiger charge is -2.35. The Balaban J connectivity index is 2.16. The molecule has 116 valence electrons. The molecule has 2 rings (SSSR count). The molecule has 0 spiro atoms. The molecule has 0 radical (unpaired) electrons. The first-order valence-corrected chi connectivity index (χ1v) is 7.84. The summed E-state index contributed by atoms with van der Waals surface area (Å²) in [5.41, 5.74) is 7.81. The number of amides is 1. The van der Waals surface area contributed by atoms with Crippen LogP contribution in [0.2, 0.25) is 0 Å². The molecule has 0 heterocycles. The number of rotatable bonds is 4. The molecule has 0 saturated heterocycles. The highest BCUT2D eigenvalue weighted by Gasteiger charge is 2.32. The maximum Gasteiger partial charge on any atom is 0.228 e. The third-order valence-corrected chi connectivity index (χ3v) is 4.45. The van der Waals surface area contributed by atoms with E-state index in [1.165, 1.54) is 6.42 Å². The fourth-order valence-electron chi connectivity index (χ4n) is 3.20. The lowest BCUT2D eigenvalue weighted by molar-refractivity contribution is -0.120. The van der Waals surface area contributed by atoms with Crippen LogP contribution in [0.1, 0.15) is 51.0 Å². The van der Waals surface area contributed by atoms with Crippen LogP contribution in [0.25, 0.3) is 0 Å². The SMILES string of the molecule is CCN(C(=O)CC1(N)CCCCC1)c1cc(O)ccc1C. The van der Waals surface area contributed by atoms with Gasteiger partial charge < -0.3 is 15.7 Å². The highest BCUT2D eigenvalue weighted by molar-refractivity contribution is 5.95. The van der Waals surface area contributed by atoms with Crippen molar-refractivity contribution in [1.82, 2.24) is 0 Å². The third-order valence-electron chi connectivity index (χ3n) is 4.45. The van der Waals surface area contributed by atoms with Crippen LogP contribution in [0.15, 0.2) is 18.2 Å². The Morgan fingerprint density at radius 3 is 2.62 bits per heavy atom. The van der Waals surface area contributed by atoms with E-state index < -0.39 is 0 Å². The van der Waals surface area contributed by atoms with E-state index in [2.05, 4.69) is 0 Å². The normalized spacial score (nSPS) is 17.5. The molecule has 0 bridgehead atoms. The number of anilines is 1. The molecule has 21 heavy (non-hydrogen) atoms. The molecule has 1 aromatic rings. The highest BCUT2D eigenvalue weighted by Crippen LogP contribution is 2.31. The van der Waals surface area contributed by atoms with Gasteiger partial charge in [-0.2, -0.15) is 0 Å². The molecular weight excluding hydrogens is 264 g/mol. The van der Waals surface area contributed by atoms with E-state index in [1.54, 1.807) is 17.0 Å². The summed E-state index contributed by atoms with van der Waals surface area (Å²) in [5, 5.41) is 9.67. The van der Waals surface area contributed by atoms with Crippen LogP contribution in [-0.4, -0.2) is 23.1 Å². The van der Waals surface area contributed by atoms with Crippen molar-refractivity contribution >= 4 is 11.6 Å². The zero-order valence-corrected chi connectivity index (χ0v) is 13.1. The zero-order chi connectivity index (χ0) is 15.5. The van der Waals surface area contributed by atoms with Crippen molar-refractivity contribution < 1.29 is 9.90 Å². The van der Waals surface area contributed by atoms with Crippen molar-refractivity contribution in [3.8, 4) is 5.75 Å². The maximum absolute atomic E-state index is 12.7. The first-order chi connectivity index (χ1) is 9.95. The summed E-state index contributed by atoms with van der Waals surface area (Å²) in [4.78, 5) is 14.4. The molecule has 0 aromatic heterocycles. The number of aromatic hydroxyl groups is 1. The molecule has 0 aliphatic heterocycles. The Morgan fingerprint density at radius 2 is 2.00 bits per heavy atom. The summed E-state index contributed by atoms with van der Waals surface area (Å²) >= 11 is 0. The summed E-state index contributed by atoms with van der Waals surface area (Å²) < 4.78 is 0. The second-order valence-corrected chi connectivity index (χ2v) is 6.21. The van der Waals surface area contributed by atoms with Crippen LogP contribution in [0.4, 0.5) is 5.69 Å². The van der Waals surface area contributed by atoms with Gasteiger partial charge in [0.2, 0.25) is 5.91 Å². The second kappa shape index (κ2) is 6.48. The van der Waals surface area contributed by atoms with Gasteiger partial charge in [0, 0.05) is 24.6 Å². The molecule has 1 aliphatic carbocycles. The number of carbonyl (C=O) groups is 1. The van der Waals surface area contributed by atoms with E-state index in [4.69, 9.17) is 5.73 Å². The van der Waals surface area contributed by atoms with E-state index >= 15 is 0 Å². The molecule has 1 aromatic carbocycles. The van der Waals surface area contributed by atoms with Crippen molar-refractivity contribution in [2.45, 2.75) is 57.9 Å². The molecule has 1 amide bonds. The zero-order valence-electron chi connectivity index (χ0n) is 13.1. The summed E-state index contributed by atoms with van der Waals surface area (Å²) in [6.45, 7) is 4.48. The number of phenols is 1. The van der Waals surface area contributed by atoms with Gasteiger partial charge in [-0.1, -0.05) is 25.3 Å². The van der Waals surface area contributed by atoms with Crippen LogP contribution in [0.3, 0.4) is 0 Å². The van der Waals surface area contributed by atoms with Crippen molar-refractivity contribution in [1.29, 1.82) is 0 Å². The number of aryl methyl sites for hydroxylation is 1. The van der Waals surface area contributed by atoms with Gasteiger partial charge in [0.05, 0.1) is 5.69 Å². The van der Waals surface area contributed by atoms with Crippen molar-refractivity contribution in [2.24, 2.45) is 5.73 Å². The monoisotopic (exact) mass is 290 g/mol. The first-order valence-electron chi connectivity index (χ1n) is 7.84. The number of hydrogen-bond donors (Lipinski definition) is 2. The van der Waals surface area contributed by atoms with E-state index in [9.17, 15) is 9.90 Å². The minimum absolute atomic E-state index is 0.0515. The number of phenolic OH excluding ortho intramolecular Hbond substituents is 1. The Hall–Kier alpha value is -1.55. The molecule has 0 unspecified atom stereocenters. The average Bonchev–Trinajstić information content (AvgIpc) is 2.43. The third kappa shape index (κ3) is 3.76. The molecule has 3 N–H and O–H groups in total. The van der Waals surface area contributed by atoms with Crippen molar-refractivity contribution in [2.75, 3.05) is 11.4 Å². The van der Waals surface area contributed by atoms with E-state index in [0.717, 1.165) is 36.9 Å². The summed E-state index contributed by atoms with van der Waals surface area (Å²) in [6, 6.07) is 5.13. The van der Waals surface area contributed by atoms with E-state index in [1.807, 2.05) is 19.9 Å². The predicted molar refractivity (Wildman–Crippen MR) is 85.5 cm³/mol. The molecule has 1 fully saturated rings. The van der Waals surface area contributed by atoms with Gasteiger partial charge in [0.1, 0.15) is 5.75 Å². The second-order valence-electron chi connectivity index (χ2n) is 6.21. The summed E-state index contributed by atoms with van der Waals surface area (Å²) in [5.74, 6) is 0.234. The van der Waals surface area contributed by atoms with Crippen molar-refractivity contribution in [3.05, 3.63) is 23.8 Å². The summed E-state index contributed by atoms with van der Waals surface area (Å²) in [6.07, 6.45) is 5.68. The first kappa shape index (κ1) is 15.8. The average molecular weight is 290 g/mol. The number of hydrogen-bond acceptors (Lipinski definition) is 3. The molecule has 1 aliphatic rings. The molecule has 4 nitrogen and oxygen atoms in total. The molecule has 4 heteroatoms. The number of nitrogens with zero attached hydrogens (tertiary/aromatic N) is 1. The summed E-state index contributed by atoms with van der Waals surface area (Å²) in [7, 11) is 0. The van der Waals surface area contributed by atoms with Gasteiger partial charge in [-0.15, -0.1) is 0 Å². The standard InChI is InChI=1S/C17H26N2O2/c1-3-19(15-11-14(20)8-7-13(15)2)16(21)12-17(18)9-5-4-6-10-17/h7-8,11,20H,3-6,9-10,12,18H2,1-2H3. The fourth-order valence-corrected chi connectivity index (χ4v) is 3.20. The highest BCUT2D eigenvalue weighted by atomic mass is 16.3. The fraction of sp³-hybridized carbons (Fsp3) is 0.588. The van der Waals surface area contributed by atoms with Crippen LogP contribution in [0, 0.1) is 6.92 Å². The minimum atomic E-state index is -0.354. The lowest BCUT2D eigenvalue weighted by atomic mass is 9.80. The molecule has 0 atom stereocenters. The Kier molecular flexibility index (Phi) is 4.88. The Labute approximate surface area is 126 Å². The maximum atomic E-state index is 12.7. The van der Waals surface area contributed by atoms with Gasteiger partial charge in [-0.25, -0.2) is 0 Å².